The van der Waals surface area contributed by atoms with E-state index < -0.39 is 5.82 Å². The lowest BCUT2D eigenvalue weighted by Crippen LogP contribution is -2.40. The smallest absolute Gasteiger partial charge is 0.274 e. The molecule has 0 unspecified atom stereocenters. The molecule has 2 amide bonds. The van der Waals surface area contributed by atoms with Crippen molar-refractivity contribution in [3.63, 3.8) is 0 Å². The summed E-state index contributed by atoms with van der Waals surface area (Å²) >= 11 is 5.75. The molecule has 1 N–H and O–H groups in total. The number of morpholine rings is 1. The third kappa shape index (κ3) is 4.18. The van der Waals surface area contributed by atoms with Crippen molar-refractivity contribution in [1.82, 2.24) is 14.7 Å². The average Bonchev–Trinajstić information content (AvgIpc) is 3.45. The second-order valence-corrected chi connectivity index (χ2v) is 7.38. The molecule has 2 aliphatic rings. The van der Waals surface area contributed by atoms with Gasteiger partial charge < -0.3 is 15.0 Å². The lowest BCUT2D eigenvalue weighted by Gasteiger charge is -2.25. The first-order chi connectivity index (χ1) is 13.5. The highest BCUT2D eigenvalue weighted by Gasteiger charge is 2.31. The number of carbonyl (C=O) groups excluding carboxylic acids is 2. The molecule has 1 saturated carbocycles. The van der Waals surface area contributed by atoms with Crippen molar-refractivity contribution in [2.75, 3.05) is 31.6 Å². The molecule has 0 atom stereocenters. The Bertz CT molecular complexity index is 907. The zero-order valence-electron chi connectivity index (χ0n) is 15.2. The van der Waals surface area contributed by atoms with E-state index in [1.54, 1.807) is 15.6 Å². The van der Waals surface area contributed by atoms with E-state index in [4.69, 9.17) is 16.3 Å². The molecule has 2 heterocycles. The van der Waals surface area contributed by atoms with Gasteiger partial charge in [0.1, 0.15) is 12.4 Å². The second-order valence-electron chi connectivity index (χ2n) is 6.97. The Morgan fingerprint density at radius 3 is 2.68 bits per heavy atom. The maximum absolute atomic E-state index is 13.3. The van der Waals surface area contributed by atoms with Gasteiger partial charge in [-0.25, -0.2) is 4.39 Å². The average molecular weight is 407 g/mol. The fourth-order valence-electron chi connectivity index (χ4n) is 3.21. The standard InChI is InChI=1S/C19H20ClFN4O3/c20-14-9-13(3-4-15(14)21)22-18(26)11-25-17(12-1-2-12)10-16(23-25)19(27)24-5-7-28-8-6-24/h3-4,9-10,12H,1-2,5-8,11H2,(H,22,26). The molecular weight excluding hydrogens is 387 g/mol. The van der Waals surface area contributed by atoms with Gasteiger partial charge in [-0.2, -0.15) is 5.10 Å². The normalized spacial score (nSPS) is 16.9. The summed E-state index contributed by atoms with van der Waals surface area (Å²) < 4.78 is 20.1. The van der Waals surface area contributed by atoms with E-state index in [2.05, 4.69) is 10.4 Å². The summed E-state index contributed by atoms with van der Waals surface area (Å²) in [5.74, 6) is -0.687. The molecule has 28 heavy (non-hydrogen) atoms. The van der Waals surface area contributed by atoms with Crippen molar-refractivity contribution < 1.29 is 18.7 Å². The molecule has 7 nitrogen and oxygen atoms in total. The maximum Gasteiger partial charge on any atom is 0.274 e. The Balaban J connectivity index is 1.48. The summed E-state index contributed by atoms with van der Waals surface area (Å²) in [6.45, 7) is 2.08. The Kier molecular flexibility index (Phi) is 5.32. The van der Waals surface area contributed by atoms with E-state index in [-0.39, 0.29) is 23.4 Å². The molecule has 2 fully saturated rings. The topological polar surface area (TPSA) is 76.5 Å². The van der Waals surface area contributed by atoms with Gasteiger partial charge in [0, 0.05) is 30.4 Å². The number of benzene rings is 1. The van der Waals surface area contributed by atoms with Gasteiger partial charge >= 0.3 is 0 Å². The number of rotatable bonds is 5. The number of amides is 2. The first-order valence-electron chi connectivity index (χ1n) is 9.21. The summed E-state index contributed by atoms with van der Waals surface area (Å²) in [7, 11) is 0. The third-order valence-corrected chi connectivity index (χ3v) is 5.11. The van der Waals surface area contributed by atoms with Crippen LogP contribution in [0.15, 0.2) is 24.3 Å². The van der Waals surface area contributed by atoms with Crippen molar-refractivity contribution in [2.24, 2.45) is 0 Å². The van der Waals surface area contributed by atoms with Gasteiger partial charge in [-0.05, 0) is 37.1 Å². The molecular formula is C19H20ClFN4O3. The SMILES string of the molecule is O=C(Cn1nc(C(=O)N2CCOCC2)cc1C1CC1)Nc1ccc(F)c(Cl)c1. The van der Waals surface area contributed by atoms with Crippen LogP contribution in [0.1, 0.15) is 34.9 Å². The largest absolute Gasteiger partial charge is 0.378 e. The Morgan fingerprint density at radius 1 is 1.25 bits per heavy atom. The van der Waals surface area contributed by atoms with Gasteiger partial charge in [0.25, 0.3) is 5.91 Å². The molecule has 0 radical (unpaired) electrons. The fourth-order valence-corrected chi connectivity index (χ4v) is 3.39. The van der Waals surface area contributed by atoms with Crippen molar-refractivity contribution in [3.8, 4) is 0 Å². The molecule has 1 aliphatic heterocycles. The maximum atomic E-state index is 13.3. The first kappa shape index (κ1) is 18.9. The van der Waals surface area contributed by atoms with E-state index in [0.29, 0.717) is 43.6 Å². The highest BCUT2D eigenvalue weighted by Crippen LogP contribution is 2.40. The summed E-state index contributed by atoms with van der Waals surface area (Å²) in [6, 6.07) is 5.78. The number of anilines is 1. The number of carbonyl (C=O) groups is 2. The van der Waals surface area contributed by atoms with Crippen LogP contribution in [0.3, 0.4) is 0 Å². The number of halogens is 2. The third-order valence-electron chi connectivity index (χ3n) is 4.82. The van der Waals surface area contributed by atoms with Crippen molar-refractivity contribution in [3.05, 3.63) is 46.5 Å². The van der Waals surface area contributed by atoms with Crippen LogP contribution in [0, 0.1) is 5.82 Å². The van der Waals surface area contributed by atoms with E-state index in [1.165, 1.54) is 18.2 Å². The number of hydrogen-bond donors (Lipinski definition) is 1. The van der Waals surface area contributed by atoms with Gasteiger partial charge in [0.2, 0.25) is 5.91 Å². The first-order valence-corrected chi connectivity index (χ1v) is 9.59. The van der Waals surface area contributed by atoms with Crippen LogP contribution in [-0.4, -0.2) is 52.8 Å². The lowest BCUT2D eigenvalue weighted by molar-refractivity contribution is -0.117. The zero-order chi connectivity index (χ0) is 19.7. The Labute approximate surface area is 166 Å². The molecule has 9 heteroatoms. The summed E-state index contributed by atoms with van der Waals surface area (Å²) in [4.78, 5) is 26.8. The number of hydrogen-bond acceptors (Lipinski definition) is 4. The summed E-state index contributed by atoms with van der Waals surface area (Å²) in [5.41, 5.74) is 1.64. The minimum absolute atomic E-state index is 0.0305. The van der Waals surface area contributed by atoms with Crippen LogP contribution in [0.25, 0.3) is 0 Å². The molecule has 1 aromatic carbocycles. The van der Waals surface area contributed by atoms with Crippen LogP contribution in [-0.2, 0) is 16.1 Å². The van der Waals surface area contributed by atoms with E-state index >= 15 is 0 Å². The number of nitrogens with one attached hydrogen (secondary N) is 1. The molecule has 148 valence electrons. The molecule has 4 rings (SSSR count). The highest BCUT2D eigenvalue weighted by atomic mass is 35.5. The van der Waals surface area contributed by atoms with Crippen LogP contribution < -0.4 is 5.32 Å². The molecule has 1 saturated heterocycles. The Morgan fingerprint density at radius 2 is 2.00 bits per heavy atom. The fraction of sp³-hybridized carbons (Fsp3) is 0.421. The minimum Gasteiger partial charge on any atom is -0.378 e. The summed E-state index contributed by atoms with van der Waals surface area (Å²) in [6.07, 6.45) is 2.04. The van der Waals surface area contributed by atoms with Gasteiger partial charge in [0.15, 0.2) is 5.69 Å². The number of aromatic nitrogens is 2. The summed E-state index contributed by atoms with van der Waals surface area (Å²) in [5, 5.41) is 7.02. The predicted octanol–water partition coefficient (Wildman–Crippen LogP) is 2.66. The van der Waals surface area contributed by atoms with Crippen LogP contribution in [0.2, 0.25) is 5.02 Å². The van der Waals surface area contributed by atoms with Crippen molar-refractivity contribution >= 4 is 29.1 Å². The monoisotopic (exact) mass is 406 g/mol. The van der Waals surface area contributed by atoms with Crippen LogP contribution in [0.5, 0.6) is 0 Å². The lowest BCUT2D eigenvalue weighted by atomic mass is 10.2. The quantitative estimate of drug-likeness (QED) is 0.828. The van der Waals surface area contributed by atoms with Gasteiger partial charge in [-0.1, -0.05) is 11.6 Å². The van der Waals surface area contributed by atoms with E-state index in [9.17, 15) is 14.0 Å². The van der Waals surface area contributed by atoms with E-state index in [0.717, 1.165) is 18.5 Å². The molecule has 1 aromatic heterocycles. The van der Waals surface area contributed by atoms with Crippen molar-refractivity contribution in [1.29, 1.82) is 0 Å². The van der Waals surface area contributed by atoms with Gasteiger partial charge in [-0.15, -0.1) is 0 Å². The molecule has 0 bridgehead atoms. The minimum atomic E-state index is -0.547. The zero-order valence-corrected chi connectivity index (χ0v) is 15.9. The van der Waals surface area contributed by atoms with Gasteiger partial charge in [-0.3, -0.25) is 14.3 Å². The van der Waals surface area contributed by atoms with Crippen LogP contribution in [0.4, 0.5) is 10.1 Å². The number of nitrogens with zero attached hydrogens (tertiary/aromatic N) is 3. The highest BCUT2D eigenvalue weighted by molar-refractivity contribution is 6.31. The van der Waals surface area contributed by atoms with Crippen LogP contribution >= 0.6 is 11.6 Å². The molecule has 1 aliphatic carbocycles. The van der Waals surface area contributed by atoms with Crippen molar-refractivity contribution in [2.45, 2.75) is 25.3 Å². The Hall–Kier alpha value is -2.45. The van der Waals surface area contributed by atoms with Gasteiger partial charge in [0.05, 0.1) is 18.2 Å². The predicted molar refractivity (Wildman–Crippen MR) is 101 cm³/mol. The molecule has 0 spiro atoms. The van der Waals surface area contributed by atoms with E-state index in [1.807, 2.05) is 0 Å². The molecule has 2 aromatic rings. The second kappa shape index (κ2) is 7.89. The number of ether oxygens (including phenoxy) is 1.